The maximum absolute atomic E-state index is 11.6. The molecular formula is C11H19N3O5. The molecule has 1 atom stereocenters. The number of rotatable bonds is 5. The van der Waals surface area contributed by atoms with Gasteiger partial charge >= 0.3 is 18.0 Å². The number of hydrogen-bond donors (Lipinski definition) is 4. The van der Waals surface area contributed by atoms with Crippen molar-refractivity contribution in [2.45, 2.75) is 31.3 Å². The van der Waals surface area contributed by atoms with Gasteiger partial charge in [-0.1, -0.05) is 0 Å². The summed E-state index contributed by atoms with van der Waals surface area (Å²) in [5.41, 5.74) is 0. The van der Waals surface area contributed by atoms with Crippen LogP contribution in [0.1, 0.15) is 19.3 Å². The fraction of sp³-hybridized carbons (Fsp3) is 0.727. The molecule has 1 fully saturated rings. The number of aliphatic carboxylic acids is 1. The molecule has 0 aromatic carbocycles. The summed E-state index contributed by atoms with van der Waals surface area (Å²) in [6.07, 6.45) is 1.19. The number of amides is 2. The van der Waals surface area contributed by atoms with E-state index in [4.69, 9.17) is 5.11 Å². The highest BCUT2D eigenvalue weighted by atomic mass is 16.5. The molecule has 0 aromatic rings. The molecule has 1 aliphatic rings. The van der Waals surface area contributed by atoms with Crippen LogP contribution in [0.15, 0.2) is 0 Å². The zero-order valence-corrected chi connectivity index (χ0v) is 10.8. The lowest BCUT2D eigenvalue weighted by Crippen LogP contribution is -2.51. The topological polar surface area (TPSA) is 117 Å². The maximum atomic E-state index is 11.6. The number of ether oxygens (including phenoxy) is 1. The second-order valence-corrected chi connectivity index (χ2v) is 4.31. The number of carbonyl (C=O) groups is 3. The Labute approximate surface area is 110 Å². The molecule has 1 heterocycles. The van der Waals surface area contributed by atoms with E-state index in [9.17, 15) is 14.4 Å². The molecule has 0 bridgehead atoms. The van der Waals surface area contributed by atoms with Gasteiger partial charge in [0.1, 0.15) is 6.04 Å². The maximum Gasteiger partial charge on any atom is 0.326 e. The smallest absolute Gasteiger partial charge is 0.326 e. The van der Waals surface area contributed by atoms with Crippen LogP contribution in [0.3, 0.4) is 0 Å². The number of carboxylic acids is 1. The summed E-state index contributed by atoms with van der Waals surface area (Å²) in [4.78, 5) is 33.6. The van der Waals surface area contributed by atoms with E-state index in [1.807, 2.05) is 0 Å². The number of piperidine rings is 1. The Hall–Kier alpha value is -1.83. The SMILES string of the molecule is COC(=O)C[C@H](NC(=O)NC1CCNCC1)C(=O)O. The number of esters is 1. The zero-order valence-electron chi connectivity index (χ0n) is 10.8. The van der Waals surface area contributed by atoms with Gasteiger partial charge in [-0.2, -0.15) is 0 Å². The van der Waals surface area contributed by atoms with E-state index in [-0.39, 0.29) is 6.04 Å². The summed E-state index contributed by atoms with van der Waals surface area (Å²) in [6.45, 7) is 1.63. The van der Waals surface area contributed by atoms with E-state index < -0.39 is 30.4 Å². The lowest BCUT2D eigenvalue weighted by molar-refractivity contribution is -0.147. The molecular weight excluding hydrogens is 254 g/mol. The van der Waals surface area contributed by atoms with Crippen LogP contribution in [0, 0.1) is 0 Å². The van der Waals surface area contributed by atoms with Crippen LogP contribution in [-0.2, 0) is 14.3 Å². The van der Waals surface area contributed by atoms with Gasteiger partial charge in [-0.25, -0.2) is 9.59 Å². The first-order valence-corrected chi connectivity index (χ1v) is 6.10. The van der Waals surface area contributed by atoms with E-state index in [1.165, 1.54) is 0 Å². The quantitative estimate of drug-likeness (QED) is 0.480. The van der Waals surface area contributed by atoms with E-state index >= 15 is 0 Å². The van der Waals surface area contributed by atoms with Crippen molar-refractivity contribution in [3.8, 4) is 0 Å². The Morgan fingerprint density at radius 3 is 2.53 bits per heavy atom. The molecule has 0 aromatic heterocycles. The Balaban J connectivity index is 2.41. The van der Waals surface area contributed by atoms with Crippen molar-refractivity contribution in [2.24, 2.45) is 0 Å². The van der Waals surface area contributed by atoms with Crippen molar-refractivity contribution in [2.75, 3.05) is 20.2 Å². The lowest BCUT2D eigenvalue weighted by Gasteiger charge is -2.24. The number of methoxy groups -OCH3 is 1. The van der Waals surface area contributed by atoms with Crippen LogP contribution in [0.2, 0.25) is 0 Å². The molecule has 0 unspecified atom stereocenters. The highest BCUT2D eigenvalue weighted by molar-refractivity contribution is 5.86. The largest absolute Gasteiger partial charge is 0.480 e. The summed E-state index contributed by atoms with van der Waals surface area (Å²) >= 11 is 0. The van der Waals surface area contributed by atoms with Crippen molar-refractivity contribution in [3.63, 3.8) is 0 Å². The zero-order chi connectivity index (χ0) is 14.3. The standard InChI is InChI=1S/C11H19N3O5/c1-19-9(15)6-8(10(16)17)14-11(18)13-7-2-4-12-5-3-7/h7-8,12H,2-6H2,1H3,(H,16,17)(H2,13,14,18)/t8-/m0/s1. The summed E-state index contributed by atoms with van der Waals surface area (Å²) in [5.74, 6) is -1.96. The number of urea groups is 1. The Morgan fingerprint density at radius 2 is 2.00 bits per heavy atom. The fourth-order valence-corrected chi connectivity index (χ4v) is 1.80. The monoisotopic (exact) mass is 273 g/mol. The lowest BCUT2D eigenvalue weighted by atomic mass is 10.1. The number of nitrogens with one attached hydrogen (secondary N) is 3. The molecule has 8 heteroatoms. The molecule has 0 radical (unpaired) electrons. The summed E-state index contributed by atoms with van der Waals surface area (Å²) in [7, 11) is 1.16. The van der Waals surface area contributed by atoms with Crippen molar-refractivity contribution in [1.29, 1.82) is 0 Å². The van der Waals surface area contributed by atoms with Gasteiger partial charge in [-0.3, -0.25) is 4.79 Å². The molecule has 1 aliphatic heterocycles. The van der Waals surface area contributed by atoms with Gasteiger partial charge in [0.05, 0.1) is 13.5 Å². The van der Waals surface area contributed by atoms with Crippen LogP contribution < -0.4 is 16.0 Å². The van der Waals surface area contributed by atoms with Gasteiger partial charge in [-0.15, -0.1) is 0 Å². The molecule has 2 amide bonds. The van der Waals surface area contributed by atoms with Crippen molar-refractivity contribution in [3.05, 3.63) is 0 Å². The molecule has 0 spiro atoms. The highest BCUT2D eigenvalue weighted by Crippen LogP contribution is 2.02. The molecule has 0 aliphatic carbocycles. The van der Waals surface area contributed by atoms with E-state index in [2.05, 4.69) is 20.7 Å². The van der Waals surface area contributed by atoms with Gasteiger partial charge in [0.25, 0.3) is 0 Å². The van der Waals surface area contributed by atoms with Crippen molar-refractivity contribution >= 4 is 18.0 Å². The Bertz CT molecular complexity index is 341. The van der Waals surface area contributed by atoms with Crippen LogP contribution in [0.25, 0.3) is 0 Å². The van der Waals surface area contributed by atoms with Gasteiger partial charge < -0.3 is 25.8 Å². The third-order valence-corrected chi connectivity index (χ3v) is 2.88. The third kappa shape index (κ3) is 5.56. The average Bonchev–Trinajstić information content (AvgIpc) is 2.38. The summed E-state index contributed by atoms with van der Waals surface area (Å²) in [5, 5.41) is 17.0. The minimum absolute atomic E-state index is 0.0221. The van der Waals surface area contributed by atoms with E-state index in [1.54, 1.807) is 0 Å². The first kappa shape index (κ1) is 15.2. The van der Waals surface area contributed by atoms with Gasteiger partial charge in [-0.05, 0) is 25.9 Å². The van der Waals surface area contributed by atoms with E-state index in [0.717, 1.165) is 33.0 Å². The van der Waals surface area contributed by atoms with E-state index in [0.29, 0.717) is 0 Å². The molecule has 0 saturated carbocycles. The molecule has 19 heavy (non-hydrogen) atoms. The minimum atomic E-state index is -1.28. The molecule has 4 N–H and O–H groups in total. The van der Waals surface area contributed by atoms with Crippen molar-refractivity contribution in [1.82, 2.24) is 16.0 Å². The summed E-state index contributed by atoms with van der Waals surface area (Å²) < 4.78 is 4.38. The first-order chi connectivity index (χ1) is 9.02. The molecule has 1 saturated heterocycles. The second-order valence-electron chi connectivity index (χ2n) is 4.31. The predicted molar refractivity (Wildman–Crippen MR) is 65.6 cm³/mol. The normalized spacial score (nSPS) is 17.3. The Kier molecular flexibility index (Phi) is 6.07. The molecule has 1 rings (SSSR count). The third-order valence-electron chi connectivity index (χ3n) is 2.88. The Morgan fingerprint density at radius 1 is 1.37 bits per heavy atom. The molecule has 8 nitrogen and oxygen atoms in total. The highest BCUT2D eigenvalue weighted by Gasteiger charge is 2.25. The van der Waals surface area contributed by atoms with Gasteiger partial charge in [0.2, 0.25) is 0 Å². The van der Waals surface area contributed by atoms with Crippen molar-refractivity contribution < 1.29 is 24.2 Å². The minimum Gasteiger partial charge on any atom is -0.480 e. The van der Waals surface area contributed by atoms with Crippen LogP contribution in [-0.4, -0.2) is 55.4 Å². The number of hydrogen-bond acceptors (Lipinski definition) is 5. The predicted octanol–water partition coefficient (Wildman–Crippen LogP) is -0.946. The van der Waals surface area contributed by atoms with Crippen LogP contribution >= 0.6 is 0 Å². The van der Waals surface area contributed by atoms with Gasteiger partial charge in [0, 0.05) is 6.04 Å². The molecule has 108 valence electrons. The first-order valence-electron chi connectivity index (χ1n) is 6.10. The number of carboxylic acid groups (broad SMARTS) is 1. The number of carbonyl (C=O) groups excluding carboxylic acids is 2. The van der Waals surface area contributed by atoms with Gasteiger partial charge in [0.15, 0.2) is 0 Å². The summed E-state index contributed by atoms with van der Waals surface area (Å²) in [6, 6.07) is -1.84. The van der Waals surface area contributed by atoms with Crippen LogP contribution in [0.5, 0.6) is 0 Å². The van der Waals surface area contributed by atoms with Crippen LogP contribution in [0.4, 0.5) is 4.79 Å². The fourth-order valence-electron chi connectivity index (χ4n) is 1.80. The second kappa shape index (κ2) is 7.57. The average molecular weight is 273 g/mol.